The Hall–Kier alpha value is -2.16. The molecule has 0 unspecified atom stereocenters. The summed E-state index contributed by atoms with van der Waals surface area (Å²) in [6.07, 6.45) is 1.77. The summed E-state index contributed by atoms with van der Waals surface area (Å²) in [5, 5.41) is 13.3. The maximum atomic E-state index is 4.20. The van der Waals surface area contributed by atoms with Crippen molar-refractivity contribution < 1.29 is 0 Å². The summed E-state index contributed by atoms with van der Waals surface area (Å²) in [6, 6.07) is 12.8. The molecule has 90 valence electrons. The van der Waals surface area contributed by atoms with E-state index in [4.69, 9.17) is 0 Å². The molecular weight excluding hydrogens is 222 g/mol. The normalized spacial score (nSPS) is 11.3. The van der Waals surface area contributed by atoms with Crippen LogP contribution in [-0.2, 0) is 0 Å². The number of aromatic nitrogens is 3. The van der Waals surface area contributed by atoms with Crippen molar-refractivity contribution in [2.75, 3.05) is 0 Å². The molecule has 3 rings (SSSR count). The molecule has 0 aliphatic carbocycles. The monoisotopic (exact) mass is 237 g/mol. The van der Waals surface area contributed by atoms with E-state index in [2.05, 4.69) is 65.7 Å². The van der Waals surface area contributed by atoms with E-state index in [0.29, 0.717) is 5.92 Å². The van der Waals surface area contributed by atoms with Crippen LogP contribution in [0, 0.1) is 0 Å². The number of rotatable bonds is 2. The Balaban J connectivity index is 2.39. The molecule has 0 aliphatic heterocycles. The van der Waals surface area contributed by atoms with Crippen molar-refractivity contribution in [2.45, 2.75) is 19.8 Å². The molecular formula is C15H15N3. The molecule has 1 aromatic heterocycles. The lowest BCUT2D eigenvalue weighted by Gasteiger charge is -2.12. The number of hydrogen-bond donors (Lipinski definition) is 1. The first-order valence-electron chi connectivity index (χ1n) is 6.15. The quantitative estimate of drug-likeness (QED) is 0.737. The molecule has 1 N–H and O–H groups in total. The second-order valence-corrected chi connectivity index (χ2v) is 4.76. The molecule has 0 saturated carbocycles. The van der Waals surface area contributed by atoms with Gasteiger partial charge in [-0.1, -0.05) is 50.2 Å². The zero-order chi connectivity index (χ0) is 12.5. The summed E-state index contributed by atoms with van der Waals surface area (Å²) in [6.45, 7) is 4.43. The van der Waals surface area contributed by atoms with E-state index in [1.54, 1.807) is 6.20 Å². The number of nitrogens with one attached hydrogen (secondary N) is 1. The van der Waals surface area contributed by atoms with Gasteiger partial charge in [0.25, 0.3) is 0 Å². The van der Waals surface area contributed by atoms with Crippen LogP contribution < -0.4 is 0 Å². The number of aromatic amines is 1. The minimum Gasteiger partial charge on any atom is -0.197 e. The van der Waals surface area contributed by atoms with Crippen LogP contribution in [0.4, 0.5) is 0 Å². The van der Waals surface area contributed by atoms with Gasteiger partial charge in [-0.3, -0.25) is 0 Å². The number of fused-ring (bicyclic) bond motifs is 1. The standard InChI is InChI=1S/C15H15N3/c1-10(2)12-7-3-5-11-6-4-8-13(15(11)12)14-9-16-18-17-14/h3-10H,1-2H3,(H,16,17,18). The predicted molar refractivity (Wildman–Crippen MR) is 73.4 cm³/mol. The summed E-state index contributed by atoms with van der Waals surface area (Å²) in [7, 11) is 0. The second-order valence-electron chi connectivity index (χ2n) is 4.76. The van der Waals surface area contributed by atoms with Crippen LogP contribution in [0.15, 0.2) is 42.6 Å². The molecule has 3 heteroatoms. The molecule has 0 bridgehead atoms. The van der Waals surface area contributed by atoms with Crippen molar-refractivity contribution >= 4 is 10.8 Å². The molecule has 0 amide bonds. The molecule has 0 spiro atoms. The first-order chi connectivity index (χ1) is 8.77. The SMILES string of the molecule is CC(C)c1cccc2cccc(-c3cn[nH]n3)c12. The Bertz CT molecular complexity index is 664. The van der Waals surface area contributed by atoms with E-state index in [0.717, 1.165) is 11.3 Å². The Morgan fingerprint density at radius 2 is 1.83 bits per heavy atom. The molecule has 3 nitrogen and oxygen atoms in total. The Labute approximate surface area is 106 Å². The van der Waals surface area contributed by atoms with Crippen LogP contribution in [0.25, 0.3) is 22.0 Å². The van der Waals surface area contributed by atoms with E-state index >= 15 is 0 Å². The lowest BCUT2D eigenvalue weighted by Crippen LogP contribution is -1.92. The summed E-state index contributed by atoms with van der Waals surface area (Å²) in [4.78, 5) is 0. The van der Waals surface area contributed by atoms with Crippen LogP contribution in [-0.4, -0.2) is 15.4 Å². The molecule has 1 heterocycles. The van der Waals surface area contributed by atoms with Gasteiger partial charge in [-0.15, -0.1) is 0 Å². The van der Waals surface area contributed by atoms with Gasteiger partial charge in [-0.05, 0) is 22.3 Å². The topological polar surface area (TPSA) is 41.6 Å². The zero-order valence-corrected chi connectivity index (χ0v) is 10.5. The van der Waals surface area contributed by atoms with Crippen LogP contribution in [0.3, 0.4) is 0 Å². The third-order valence-electron chi connectivity index (χ3n) is 3.25. The molecule has 18 heavy (non-hydrogen) atoms. The van der Waals surface area contributed by atoms with Crippen LogP contribution in [0.5, 0.6) is 0 Å². The second kappa shape index (κ2) is 4.26. The Kier molecular flexibility index (Phi) is 2.59. The van der Waals surface area contributed by atoms with Crippen molar-refractivity contribution in [1.29, 1.82) is 0 Å². The first kappa shape index (κ1) is 11.0. The number of benzene rings is 2. The minimum absolute atomic E-state index is 0.488. The zero-order valence-electron chi connectivity index (χ0n) is 10.5. The smallest absolute Gasteiger partial charge is 0.113 e. The average Bonchev–Trinajstić information content (AvgIpc) is 2.91. The van der Waals surface area contributed by atoms with Gasteiger partial charge in [0.05, 0.1) is 6.20 Å². The van der Waals surface area contributed by atoms with Crippen molar-refractivity contribution in [3.05, 3.63) is 48.2 Å². The fourth-order valence-electron chi connectivity index (χ4n) is 2.40. The first-order valence-corrected chi connectivity index (χ1v) is 6.15. The summed E-state index contributed by atoms with van der Waals surface area (Å²) >= 11 is 0. The van der Waals surface area contributed by atoms with Gasteiger partial charge in [0.2, 0.25) is 0 Å². The molecule has 2 aromatic carbocycles. The number of nitrogens with zero attached hydrogens (tertiary/aromatic N) is 2. The summed E-state index contributed by atoms with van der Waals surface area (Å²) in [5.74, 6) is 0.488. The maximum Gasteiger partial charge on any atom is 0.113 e. The van der Waals surface area contributed by atoms with Crippen molar-refractivity contribution in [3.8, 4) is 11.3 Å². The fourth-order valence-corrected chi connectivity index (χ4v) is 2.40. The van der Waals surface area contributed by atoms with Crippen molar-refractivity contribution in [1.82, 2.24) is 15.4 Å². The highest BCUT2D eigenvalue weighted by Gasteiger charge is 2.11. The molecule has 0 aliphatic rings. The van der Waals surface area contributed by atoms with E-state index in [1.165, 1.54) is 16.3 Å². The predicted octanol–water partition coefficient (Wildman–Crippen LogP) is 3.75. The fraction of sp³-hybridized carbons (Fsp3) is 0.200. The Morgan fingerprint density at radius 3 is 2.50 bits per heavy atom. The third kappa shape index (κ3) is 1.68. The molecule has 0 saturated heterocycles. The van der Waals surface area contributed by atoms with Crippen LogP contribution >= 0.6 is 0 Å². The minimum atomic E-state index is 0.488. The highest BCUT2D eigenvalue weighted by atomic mass is 15.3. The third-order valence-corrected chi connectivity index (χ3v) is 3.25. The van der Waals surface area contributed by atoms with Crippen molar-refractivity contribution in [3.63, 3.8) is 0 Å². The molecule has 0 radical (unpaired) electrons. The lowest BCUT2D eigenvalue weighted by molar-refractivity contribution is 0.876. The Morgan fingerprint density at radius 1 is 1.06 bits per heavy atom. The van der Waals surface area contributed by atoms with E-state index in [1.807, 2.05) is 0 Å². The maximum absolute atomic E-state index is 4.20. The van der Waals surface area contributed by atoms with Gasteiger partial charge in [-0.25, -0.2) is 0 Å². The van der Waals surface area contributed by atoms with Gasteiger partial charge in [0.15, 0.2) is 0 Å². The van der Waals surface area contributed by atoms with Crippen LogP contribution in [0.2, 0.25) is 0 Å². The van der Waals surface area contributed by atoms with E-state index < -0.39 is 0 Å². The van der Waals surface area contributed by atoms with Crippen molar-refractivity contribution in [2.24, 2.45) is 0 Å². The lowest BCUT2D eigenvalue weighted by atomic mass is 9.92. The summed E-state index contributed by atoms with van der Waals surface area (Å²) < 4.78 is 0. The van der Waals surface area contributed by atoms with E-state index in [-0.39, 0.29) is 0 Å². The van der Waals surface area contributed by atoms with Gasteiger partial charge in [-0.2, -0.15) is 15.4 Å². The number of H-pyrrole nitrogens is 1. The van der Waals surface area contributed by atoms with Gasteiger partial charge >= 0.3 is 0 Å². The average molecular weight is 237 g/mol. The van der Waals surface area contributed by atoms with Crippen LogP contribution in [0.1, 0.15) is 25.3 Å². The highest BCUT2D eigenvalue weighted by molar-refractivity contribution is 5.98. The van der Waals surface area contributed by atoms with Gasteiger partial charge in [0, 0.05) is 5.56 Å². The summed E-state index contributed by atoms with van der Waals surface area (Å²) in [5.41, 5.74) is 3.39. The van der Waals surface area contributed by atoms with Gasteiger partial charge in [0.1, 0.15) is 5.69 Å². The van der Waals surface area contributed by atoms with Gasteiger partial charge < -0.3 is 0 Å². The van der Waals surface area contributed by atoms with E-state index in [9.17, 15) is 0 Å². The molecule has 0 atom stereocenters. The highest BCUT2D eigenvalue weighted by Crippen LogP contribution is 2.33. The number of hydrogen-bond acceptors (Lipinski definition) is 2. The molecule has 3 aromatic rings. The molecule has 0 fully saturated rings. The largest absolute Gasteiger partial charge is 0.197 e.